The predicted octanol–water partition coefficient (Wildman–Crippen LogP) is 7.67. The zero-order chi connectivity index (χ0) is 22.2. The van der Waals surface area contributed by atoms with Gasteiger partial charge in [0.15, 0.2) is 0 Å². The van der Waals surface area contributed by atoms with E-state index in [0.29, 0.717) is 5.56 Å². The van der Waals surface area contributed by atoms with E-state index in [4.69, 9.17) is 0 Å². The van der Waals surface area contributed by atoms with Crippen molar-refractivity contribution in [3.05, 3.63) is 88.5 Å². The molecule has 0 spiro atoms. The maximum absolute atomic E-state index is 14.4. The van der Waals surface area contributed by atoms with Crippen LogP contribution in [0.5, 0.6) is 0 Å². The SMILES string of the molecule is CCCCc1ccc(C#Cc2ccc(-c3ccc(N=C=S)c(F)c3)cc2CC)c(F)c1. The van der Waals surface area contributed by atoms with E-state index in [-0.39, 0.29) is 11.5 Å². The van der Waals surface area contributed by atoms with E-state index in [1.807, 2.05) is 31.2 Å². The van der Waals surface area contributed by atoms with Gasteiger partial charge in [-0.05, 0) is 90.1 Å². The Morgan fingerprint density at radius 3 is 2.23 bits per heavy atom. The molecule has 0 bridgehead atoms. The van der Waals surface area contributed by atoms with Gasteiger partial charge in [-0.25, -0.2) is 8.78 Å². The first-order valence-electron chi connectivity index (χ1n) is 10.4. The van der Waals surface area contributed by atoms with Crippen molar-refractivity contribution in [3.63, 3.8) is 0 Å². The summed E-state index contributed by atoms with van der Waals surface area (Å²) in [6.07, 6.45) is 3.76. The third-order valence-corrected chi connectivity index (χ3v) is 5.21. The van der Waals surface area contributed by atoms with Crippen molar-refractivity contribution in [1.29, 1.82) is 0 Å². The summed E-state index contributed by atoms with van der Waals surface area (Å²) in [5.74, 6) is 5.33. The van der Waals surface area contributed by atoms with E-state index in [9.17, 15) is 8.78 Å². The van der Waals surface area contributed by atoms with Crippen LogP contribution >= 0.6 is 12.2 Å². The van der Waals surface area contributed by atoms with Gasteiger partial charge in [0.2, 0.25) is 0 Å². The van der Waals surface area contributed by atoms with Crippen LogP contribution in [0.4, 0.5) is 14.5 Å². The summed E-state index contributed by atoms with van der Waals surface area (Å²) < 4.78 is 28.6. The van der Waals surface area contributed by atoms with Crippen LogP contribution in [0.25, 0.3) is 11.1 Å². The van der Waals surface area contributed by atoms with Gasteiger partial charge in [-0.3, -0.25) is 0 Å². The predicted molar refractivity (Wildman–Crippen MR) is 127 cm³/mol. The molecule has 0 saturated heterocycles. The van der Waals surface area contributed by atoms with E-state index in [2.05, 4.69) is 41.1 Å². The second-order valence-corrected chi connectivity index (χ2v) is 7.45. The molecule has 3 aromatic carbocycles. The number of rotatable bonds is 6. The number of aryl methyl sites for hydroxylation is 2. The van der Waals surface area contributed by atoms with Gasteiger partial charge in [0.1, 0.15) is 17.3 Å². The van der Waals surface area contributed by atoms with Gasteiger partial charge < -0.3 is 0 Å². The number of unbranched alkanes of at least 4 members (excludes halogenated alkanes) is 1. The highest BCUT2D eigenvalue weighted by Crippen LogP contribution is 2.27. The maximum atomic E-state index is 14.4. The zero-order valence-corrected chi connectivity index (χ0v) is 18.5. The van der Waals surface area contributed by atoms with Crippen molar-refractivity contribution in [1.82, 2.24) is 0 Å². The molecule has 0 aromatic heterocycles. The fraction of sp³-hybridized carbons (Fsp3) is 0.222. The molecular formula is C27H23F2NS. The molecule has 31 heavy (non-hydrogen) atoms. The molecule has 0 radical (unpaired) electrons. The summed E-state index contributed by atoms with van der Waals surface area (Å²) in [7, 11) is 0. The first-order chi connectivity index (χ1) is 15.0. The van der Waals surface area contributed by atoms with Crippen LogP contribution in [0.2, 0.25) is 0 Å². The highest BCUT2D eigenvalue weighted by Gasteiger charge is 2.07. The molecule has 3 aromatic rings. The second kappa shape index (κ2) is 10.8. The van der Waals surface area contributed by atoms with Gasteiger partial charge in [0.05, 0.1) is 10.7 Å². The molecule has 4 heteroatoms. The average molecular weight is 432 g/mol. The van der Waals surface area contributed by atoms with Gasteiger partial charge in [-0.2, -0.15) is 4.99 Å². The molecule has 1 nitrogen and oxygen atoms in total. The number of hydrogen-bond donors (Lipinski definition) is 0. The monoisotopic (exact) mass is 431 g/mol. The largest absolute Gasteiger partial charge is 0.206 e. The highest BCUT2D eigenvalue weighted by atomic mass is 32.1. The first-order valence-corrected chi connectivity index (χ1v) is 10.8. The molecule has 3 rings (SSSR count). The van der Waals surface area contributed by atoms with E-state index in [0.717, 1.165) is 53.5 Å². The van der Waals surface area contributed by atoms with Gasteiger partial charge in [-0.1, -0.05) is 50.3 Å². The van der Waals surface area contributed by atoms with Gasteiger partial charge in [0, 0.05) is 5.56 Å². The zero-order valence-electron chi connectivity index (χ0n) is 17.6. The lowest BCUT2D eigenvalue weighted by atomic mass is 9.97. The van der Waals surface area contributed by atoms with E-state index >= 15 is 0 Å². The van der Waals surface area contributed by atoms with Gasteiger partial charge >= 0.3 is 0 Å². The Kier molecular flexibility index (Phi) is 7.84. The number of thiocarbonyl (C=S) groups is 1. The second-order valence-electron chi connectivity index (χ2n) is 7.26. The molecule has 0 aliphatic carbocycles. The molecule has 0 unspecified atom stereocenters. The summed E-state index contributed by atoms with van der Waals surface area (Å²) in [4.78, 5) is 3.71. The Labute approximate surface area is 187 Å². The molecule has 0 atom stereocenters. The quantitative estimate of drug-likeness (QED) is 0.222. The third kappa shape index (κ3) is 5.73. The minimum absolute atomic E-state index is 0.166. The lowest BCUT2D eigenvalue weighted by molar-refractivity contribution is 0.620. The van der Waals surface area contributed by atoms with Gasteiger partial charge in [0.25, 0.3) is 0 Å². The number of benzene rings is 3. The molecule has 0 amide bonds. The average Bonchev–Trinajstić information content (AvgIpc) is 2.78. The number of hydrogen-bond acceptors (Lipinski definition) is 2. The van der Waals surface area contributed by atoms with Crippen LogP contribution in [-0.4, -0.2) is 5.16 Å². The maximum Gasteiger partial charge on any atom is 0.150 e. The molecule has 0 heterocycles. The minimum Gasteiger partial charge on any atom is -0.206 e. The van der Waals surface area contributed by atoms with Crippen molar-refractivity contribution in [2.45, 2.75) is 39.5 Å². The minimum atomic E-state index is -0.449. The molecule has 0 saturated carbocycles. The Morgan fingerprint density at radius 2 is 1.55 bits per heavy atom. The molecule has 0 N–H and O–H groups in total. The summed E-state index contributed by atoms with van der Waals surface area (Å²) >= 11 is 4.54. The fourth-order valence-corrected chi connectivity index (χ4v) is 3.44. The number of halogens is 2. The van der Waals surface area contributed by atoms with Crippen LogP contribution < -0.4 is 0 Å². The smallest absolute Gasteiger partial charge is 0.150 e. The summed E-state index contributed by atoms with van der Waals surface area (Å²) in [6, 6.07) is 15.9. The van der Waals surface area contributed by atoms with Crippen molar-refractivity contribution in [2.75, 3.05) is 0 Å². The van der Waals surface area contributed by atoms with Crippen LogP contribution in [0.3, 0.4) is 0 Å². The molecular weight excluding hydrogens is 408 g/mol. The first kappa shape index (κ1) is 22.6. The van der Waals surface area contributed by atoms with Crippen LogP contribution in [0.15, 0.2) is 59.6 Å². The lowest BCUT2D eigenvalue weighted by Crippen LogP contribution is -1.92. The molecule has 0 fully saturated rings. The van der Waals surface area contributed by atoms with E-state index in [1.165, 1.54) is 6.07 Å². The van der Waals surface area contributed by atoms with Crippen LogP contribution in [0, 0.1) is 23.5 Å². The summed E-state index contributed by atoms with van der Waals surface area (Å²) in [5, 5.41) is 2.18. The Morgan fingerprint density at radius 1 is 0.839 bits per heavy atom. The topological polar surface area (TPSA) is 12.4 Å². The van der Waals surface area contributed by atoms with Crippen molar-refractivity contribution >= 4 is 23.1 Å². The third-order valence-electron chi connectivity index (χ3n) is 5.12. The van der Waals surface area contributed by atoms with Crippen LogP contribution in [0.1, 0.15) is 48.9 Å². The van der Waals surface area contributed by atoms with Crippen molar-refractivity contribution < 1.29 is 8.78 Å². The van der Waals surface area contributed by atoms with E-state index in [1.54, 1.807) is 24.3 Å². The Balaban J connectivity index is 1.88. The van der Waals surface area contributed by atoms with Crippen molar-refractivity contribution in [2.24, 2.45) is 4.99 Å². The Bertz CT molecular complexity index is 1200. The number of nitrogens with zero attached hydrogens (tertiary/aromatic N) is 1. The van der Waals surface area contributed by atoms with Crippen LogP contribution in [-0.2, 0) is 12.8 Å². The molecule has 156 valence electrons. The summed E-state index contributed by atoms with van der Waals surface area (Å²) in [5.41, 5.74) is 5.03. The van der Waals surface area contributed by atoms with E-state index < -0.39 is 5.82 Å². The normalized spacial score (nSPS) is 10.2. The standard InChI is InChI=1S/C27H23F2NS/c1-3-5-6-19-7-8-22(25(28)15-19)11-9-21-10-12-23(16-20(21)4-2)24-13-14-27(30-18-31)26(29)17-24/h7-8,10,12-17H,3-6H2,1-2H3. The highest BCUT2D eigenvalue weighted by molar-refractivity contribution is 7.78. The number of isothiocyanates is 1. The molecule has 0 aliphatic heterocycles. The number of aliphatic imine (C=N–C) groups is 1. The lowest BCUT2D eigenvalue weighted by Gasteiger charge is -2.08. The fourth-order valence-electron chi connectivity index (χ4n) is 3.35. The van der Waals surface area contributed by atoms with Crippen molar-refractivity contribution in [3.8, 4) is 23.0 Å². The Hall–Kier alpha value is -3.12. The summed E-state index contributed by atoms with van der Waals surface area (Å²) in [6.45, 7) is 4.15. The molecule has 0 aliphatic rings. The van der Waals surface area contributed by atoms with Gasteiger partial charge in [-0.15, -0.1) is 0 Å².